The van der Waals surface area contributed by atoms with Gasteiger partial charge >= 0.3 is 0 Å². The van der Waals surface area contributed by atoms with E-state index in [1.54, 1.807) is 7.11 Å². The smallest absolute Gasteiger partial charge is 0.118 e. The van der Waals surface area contributed by atoms with Crippen molar-refractivity contribution in [1.29, 1.82) is 0 Å². The first-order valence-electron chi connectivity index (χ1n) is 4.17. The number of methoxy groups -OCH3 is 1. The Morgan fingerprint density at radius 3 is 2.42 bits per heavy atom. The Balaban J connectivity index is 2.71. The molecule has 0 saturated carbocycles. The van der Waals surface area contributed by atoms with Gasteiger partial charge in [-0.05, 0) is 24.1 Å². The van der Waals surface area contributed by atoms with Gasteiger partial charge in [0.15, 0.2) is 0 Å². The first-order valence-corrected chi connectivity index (χ1v) is 4.17. The lowest BCUT2D eigenvalue weighted by atomic mass is 10.2. The number of ether oxygens (including phenoxy) is 1. The van der Waals surface area contributed by atoms with E-state index in [0.29, 0.717) is 0 Å². The number of rotatable bonds is 3. The predicted octanol–water partition coefficient (Wildman–Crippen LogP) is 3.12. The zero-order chi connectivity index (χ0) is 8.81. The van der Waals surface area contributed by atoms with E-state index in [-0.39, 0.29) is 0 Å². The standard InChI is InChI=1S/C11H14O/c1-3-4-5-10-6-8-11(12-2)9-7-10/h4-9H,3H2,1-2H3. The maximum atomic E-state index is 5.05. The number of allylic oxidation sites excluding steroid dienone is 1. The van der Waals surface area contributed by atoms with Crippen molar-refractivity contribution in [1.82, 2.24) is 0 Å². The second-order valence-electron chi connectivity index (χ2n) is 2.58. The highest BCUT2D eigenvalue weighted by atomic mass is 16.5. The molecular formula is C11H14O. The Kier molecular flexibility index (Phi) is 3.39. The van der Waals surface area contributed by atoms with Gasteiger partial charge in [-0.2, -0.15) is 0 Å². The van der Waals surface area contributed by atoms with Gasteiger partial charge in [0.25, 0.3) is 0 Å². The molecule has 0 fully saturated rings. The largest absolute Gasteiger partial charge is 0.497 e. The van der Waals surface area contributed by atoms with Crippen LogP contribution in [0.2, 0.25) is 0 Å². The highest BCUT2D eigenvalue weighted by Gasteiger charge is 1.88. The topological polar surface area (TPSA) is 9.23 Å². The van der Waals surface area contributed by atoms with Gasteiger partial charge in [-0.1, -0.05) is 31.2 Å². The van der Waals surface area contributed by atoms with Crippen LogP contribution in [-0.4, -0.2) is 7.11 Å². The second kappa shape index (κ2) is 4.60. The van der Waals surface area contributed by atoms with Gasteiger partial charge in [-0.3, -0.25) is 0 Å². The van der Waals surface area contributed by atoms with Crippen molar-refractivity contribution in [3.63, 3.8) is 0 Å². The van der Waals surface area contributed by atoms with E-state index >= 15 is 0 Å². The van der Waals surface area contributed by atoms with Crippen molar-refractivity contribution in [2.45, 2.75) is 13.3 Å². The summed E-state index contributed by atoms with van der Waals surface area (Å²) in [4.78, 5) is 0. The van der Waals surface area contributed by atoms with Gasteiger partial charge in [0.1, 0.15) is 5.75 Å². The molecule has 0 N–H and O–H groups in total. The molecule has 1 rings (SSSR count). The highest BCUT2D eigenvalue weighted by molar-refractivity contribution is 5.50. The van der Waals surface area contributed by atoms with Gasteiger partial charge in [-0.15, -0.1) is 0 Å². The van der Waals surface area contributed by atoms with Crippen LogP contribution in [0.5, 0.6) is 5.75 Å². The summed E-state index contributed by atoms with van der Waals surface area (Å²) in [6.45, 7) is 2.13. The van der Waals surface area contributed by atoms with E-state index in [2.05, 4.69) is 19.1 Å². The Morgan fingerprint density at radius 2 is 1.92 bits per heavy atom. The van der Waals surface area contributed by atoms with E-state index in [9.17, 15) is 0 Å². The van der Waals surface area contributed by atoms with Gasteiger partial charge in [0.2, 0.25) is 0 Å². The first-order chi connectivity index (χ1) is 5.86. The van der Waals surface area contributed by atoms with Crippen LogP contribution in [-0.2, 0) is 0 Å². The van der Waals surface area contributed by atoms with Crippen LogP contribution in [0.4, 0.5) is 0 Å². The average Bonchev–Trinajstić information content (AvgIpc) is 2.15. The second-order valence-corrected chi connectivity index (χ2v) is 2.58. The van der Waals surface area contributed by atoms with Crippen LogP contribution in [0.1, 0.15) is 18.9 Å². The Labute approximate surface area is 73.7 Å². The minimum absolute atomic E-state index is 0.906. The molecule has 0 heterocycles. The molecule has 0 amide bonds. The predicted molar refractivity (Wildman–Crippen MR) is 52.3 cm³/mol. The van der Waals surface area contributed by atoms with Gasteiger partial charge in [0.05, 0.1) is 7.11 Å². The van der Waals surface area contributed by atoms with Crippen molar-refractivity contribution in [2.75, 3.05) is 7.11 Å². The van der Waals surface area contributed by atoms with Gasteiger partial charge in [-0.25, -0.2) is 0 Å². The SMILES string of the molecule is CCC=Cc1ccc(OC)cc1. The first kappa shape index (κ1) is 8.85. The summed E-state index contributed by atoms with van der Waals surface area (Å²) in [5.41, 5.74) is 1.22. The van der Waals surface area contributed by atoms with Crippen LogP contribution in [0, 0.1) is 0 Å². The number of hydrogen-bond acceptors (Lipinski definition) is 1. The summed E-state index contributed by atoms with van der Waals surface area (Å²) < 4.78 is 5.05. The summed E-state index contributed by atoms with van der Waals surface area (Å²) in [7, 11) is 1.68. The van der Waals surface area contributed by atoms with Crippen molar-refractivity contribution in [2.24, 2.45) is 0 Å². The summed E-state index contributed by atoms with van der Waals surface area (Å²) in [5.74, 6) is 0.906. The molecule has 0 aliphatic rings. The Morgan fingerprint density at radius 1 is 1.25 bits per heavy atom. The van der Waals surface area contributed by atoms with Crippen LogP contribution in [0.25, 0.3) is 6.08 Å². The zero-order valence-electron chi connectivity index (χ0n) is 7.58. The molecule has 1 aromatic rings. The molecule has 0 unspecified atom stereocenters. The Hall–Kier alpha value is -1.24. The quantitative estimate of drug-likeness (QED) is 0.663. The molecule has 0 aromatic heterocycles. The summed E-state index contributed by atoms with van der Waals surface area (Å²) in [5, 5.41) is 0. The minimum Gasteiger partial charge on any atom is -0.497 e. The summed E-state index contributed by atoms with van der Waals surface area (Å²) >= 11 is 0. The lowest BCUT2D eigenvalue weighted by molar-refractivity contribution is 0.415. The van der Waals surface area contributed by atoms with E-state index in [4.69, 9.17) is 4.74 Å². The maximum Gasteiger partial charge on any atom is 0.118 e. The third-order valence-electron chi connectivity index (χ3n) is 1.66. The molecule has 12 heavy (non-hydrogen) atoms. The third-order valence-corrected chi connectivity index (χ3v) is 1.66. The molecule has 0 saturated heterocycles. The molecule has 64 valence electrons. The van der Waals surface area contributed by atoms with Crippen molar-refractivity contribution in [3.05, 3.63) is 35.9 Å². The number of hydrogen-bond donors (Lipinski definition) is 0. The Bertz CT molecular complexity index is 246. The molecule has 0 aliphatic heterocycles. The zero-order valence-corrected chi connectivity index (χ0v) is 7.58. The molecule has 1 heteroatoms. The summed E-state index contributed by atoms with van der Waals surface area (Å²) in [6.07, 6.45) is 5.33. The van der Waals surface area contributed by atoms with Crippen LogP contribution >= 0.6 is 0 Å². The van der Waals surface area contributed by atoms with Crippen molar-refractivity contribution < 1.29 is 4.74 Å². The molecular weight excluding hydrogens is 148 g/mol. The fourth-order valence-corrected chi connectivity index (χ4v) is 0.969. The molecule has 0 bridgehead atoms. The van der Waals surface area contributed by atoms with E-state index in [1.807, 2.05) is 24.3 Å². The fourth-order valence-electron chi connectivity index (χ4n) is 0.969. The highest BCUT2D eigenvalue weighted by Crippen LogP contribution is 2.12. The number of benzene rings is 1. The molecule has 0 spiro atoms. The monoisotopic (exact) mass is 162 g/mol. The van der Waals surface area contributed by atoms with Crippen LogP contribution in [0.15, 0.2) is 30.3 Å². The average molecular weight is 162 g/mol. The third kappa shape index (κ3) is 2.42. The van der Waals surface area contributed by atoms with Crippen molar-refractivity contribution >= 4 is 6.08 Å². The van der Waals surface area contributed by atoms with E-state index in [1.165, 1.54) is 5.56 Å². The van der Waals surface area contributed by atoms with Gasteiger partial charge in [0, 0.05) is 0 Å². The molecule has 0 radical (unpaired) electrons. The van der Waals surface area contributed by atoms with Crippen molar-refractivity contribution in [3.8, 4) is 5.75 Å². The lowest BCUT2D eigenvalue weighted by Crippen LogP contribution is -1.81. The van der Waals surface area contributed by atoms with E-state index < -0.39 is 0 Å². The molecule has 0 aliphatic carbocycles. The van der Waals surface area contributed by atoms with Crippen LogP contribution in [0.3, 0.4) is 0 Å². The molecule has 1 aromatic carbocycles. The summed E-state index contributed by atoms with van der Waals surface area (Å²) in [6, 6.07) is 8.03. The lowest BCUT2D eigenvalue weighted by Gasteiger charge is -1.98. The molecule has 1 nitrogen and oxygen atoms in total. The minimum atomic E-state index is 0.906. The van der Waals surface area contributed by atoms with Gasteiger partial charge < -0.3 is 4.74 Å². The van der Waals surface area contributed by atoms with E-state index in [0.717, 1.165) is 12.2 Å². The van der Waals surface area contributed by atoms with Crippen LogP contribution < -0.4 is 4.74 Å². The molecule has 0 atom stereocenters. The maximum absolute atomic E-state index is 5.05. The fraction of sp³-hybridized carbons (Fsp3) is 0.273. The normalized spacial score (nSPS) is 10.5.